The maximum absolute atomic E-state index is 12.5. The molecule has 0 unspecified atom stereocenters. The molecule has 0 spiro atoms. The van der Waals surface area contributed by atoms with Crippen LogP contribution in [0.2, 0.25) is 0 Å². The lowest BCUT2D eigenvalue weighted by Crippen LogP contribution is -2.55. The summed E-state index contributed by atoms with van der Waals surface area (Å²) in [6, 6.07) is -0.472. The lowest BCUT2D eigenvalue weighted by atomic mass is 10.00. The third kappa shape index (κ3) is 2.90. The highest BCUT2D eigenvalue weighted by atomic mass is 16.7. The van der Waals surface area contributed by atoms with Gasteiger partial charge in [0, 0.05) is 26.7 Å². The van der Waals surface area contributed by atoms with Gasteiger partial charge in [0.1, 0.15) is 18.2 Å². The van der Waals surface area contributed by atoms with Crippen LogP contribution in [0.4, 0.5) is 4.79 Å². The molecule has 0 saturated carbocycles. The molecule has 0 aromatic carbocycles. The van der Waals surface area contributed by atoms with Gasteiger partial charge in [-0.3, -0.25) is 4.90 Å². The Kier molecular flexibility index (Phi) is 4.65. The average molecular weight is 316 g/mol. The van der Waals surface area contributed by atoms with Crippen LogP contribution in [0, 0.1) is 5.92 Å². The summed E-state index contributed by atoms with van der Waals surface area (Å²) in [5.74, 6) is -1.31. The molecular formula is C14H24N2O6. The Balaban J connectivity index is 2.30. The number of likely N-dealkylation sites (tertiary alicyclic amines) is 1. The molecular weight excluding hydrogens is 292 g/mol. The van der Waals surface area contributed by atoms with E-state index >= 15 is 0 Å². The van der Waals surface area contributed by atoms with E-state index in [1.807, 2.05) is 0 Å². The minimum atomic E-state index is -1.06. The zero-order chi connectivity index (χ0) is 16.5. The standard InChI is InChI=1S/C14H24N2O6/c1-13(2,3)22-12(17)16-7-9(6-15-18)10-11(16)14(19-4,20-5)8-21-10/h6,9-11,18H,7-8H2,1-5H3/t9-,10-,11+/m1/s1. The molecule has 126 valence electrons. The predicted octanol–water partition coefficient (Wildman–Crippen LogP) is 1.07. The zero-order valence-electron chi connectivity index (χ0n) is 13.6. The highest BCUT2D eigenvalue weighted by Crippen LogP contribution is 2.41. The number of methoxy groups -OCH3 is 2. The number of fused-ring (bicyclic) bond motifs is 1. The van der Waals surface area contributed by atoms with Gasteiger partial charge in [0.05, 0.1) is 12.3 Å². The van der Waals surface area contributed by atoms with Crippen molar-refractivity contribution in [2.75, 3.05) is 27.4 Å². The Morgan fingerprint density at radius 3 is 2.55 bits per heavy atom. The first-order chi connectivity index (χ1) is 10.3. The molecule has 2 rings (SSSR count). The summed E-state index contributed by atoms with van der Waals surface area (Å²) in [4.78, 5) is 14.0. The van der Waals surface area contributed by atoms with Gasteiger partial charge in [-0.05, 0) is 20.8 Å². The summed E-state index contributed by atoms with van der Waals surface area (Å²) in [5, 5.41) is 11.9. The lowest BCUT2D eigenvalue weighted by molar-refractivity contribution is -0.224. The molecule has 2 fully saturated rings. The Labute approximate surface area is 129 Å². The van der Waals surface area contributed by atoms with Gasteiger partial charge in [-0.25, -0.2) is 4.79 Å². The summed E-state index contributed by atoms with van der Waals surface area (Å²) in [6.07, 6.45) is 0.521. The zero-order valence-corrected chi connectivity index (χ0v) is 13.6. The highest BCUT2D eigenvalue weighted by molar-refractivity contribution is 5.72. The van der Waals surface area contributed by atoms with Gasteiger partial charge in [-0.1, -0.05) is 0 Å². The fraction of sp³-hybridized carbons (Fsp3) is 0.857. The first kappa shape index (κ1) is 17.0. The molecule has 0 aromatic rings. The van der Waals surface area contributed by atoms with Crippen LogP contribution in [-0.4, -0.2) is 73.3 Å². The van der Waals surface area contributed by atoms with Crippen LogP contribution < -0.4 is 0 Å². The van der Waals surface area contributed by atoms with Crippen LogP contribution in [0.3, 0.4) is 0 Å². The van der Waals surface area contributed by atoms with E-state index in [9.17, 15) is 4.79 Å². The molecule has 0 aromatic heterocycles. The monoisotopic (exact) mass is 316 g/mol. The van der Waals surface area contributed by atoms with Crippen LogP contribution in [0.15, 0.2) is 5.16 Å². The Hall–Kier alpha value is -1.38. The van der Waals surface area contributed by atoms with Gasteiger partial charge >= 0.3 is 6.09 Å². The van der Waals surface area contributed by atoms with E-state index in [0.29, 0.717) is 6.54 Å². The molecule has 2 aliphatic rings. The van der Waals surface area contributed by atoms with Crippen LogP contribution in [0.25, 0.3) is 0 Å². The summed E-state index contributed by atoms with van der Waals surface area (Å²) >= 11 is 0. The quantitative estimate of drug-likeness (QED) is 0.362. The summed E-state index contributed by atoms with van der Waals surface area (Å²) in [5.41, 5.74) is -0.613. The van der Waals surface area contributed by atoms with Gasteiger partial charge in [0.15, 0.2) is 0 Å². The first-order valence-corrected chi connectivity index (χ1v) is 7.17. The van der Waals surface area contributed by atoms with E-state index in [4.69, 9.17) is 24.2 Å². The van der Waals surface area contributed by atoms with Gasteiger partial charge in [-0.15, -0.1) is 5.16 Å². The normalized spacial score (nSPS) is 30.8. The number of carbonyl (C=O) groups is 1. The minimum Gasteiger partial charge on any atom is -0.444 e. The van der Waals surface area contributed by atoms with Crippen molar-refractivity contribution in [1.29, 1.82) is 0 Å². The minimum absolute atomic E-state index is 0.185. The third-order valence-electron chi connectivity index (χ3n) is 3.98. The number of hydrogen-bond acceptors (Lipinski definition) is 7. The third-order valence-corrected chi connectivity index (χ3v) is 3.98. The SMILES string of the molecule is COC1(OC)CO[C@@H]2[C@H](C=NO)CN(C(=O)OC(C)(C)C)[C@@H]21. The second-order valence-corrected chi connectivity index (χ2v) is 6.50. The maximum Gasteiger partial charge on any atom is 0.410 e. The maximum atomic E-state index is 12.5. The number of amides is 1. The molecule has 2 heterocycles. The van der Waals surface area contributed by atoms with Crippen molar-refractivity contribution >= 4 is 12.3 Å². The van der Waals surface area contributed by atoms with E-state index in [0.717, 1.165) is 0 Å². The first-order valence-electron chi connectivity index (χ1n) is 7.17. The molecule has 2 saturated heterocycles. The van der Waals surface area contributed by atoms with E-state index in [2.05, 4.69) is 5.16 Å². The second-order valence-electron chi connectivity index (χ2n) is 6.50. The van der Waals surface area contributed by atoms with Gasteiger partial charge in [-0.2, -0.15) is 0 Å². The van der Waals surface area contributed by atoms with Crippen LogP contribution in [0.5, 0.6) is 0 Å². The van der Waals surface area contributed by atoms with Crippen molar-refractivity contribution in [3.8, 4) is 0 Å². The number of oxime groups is 1. The van der Waals surface area contributed by atoms with Crippen molar-refractivity contribution in [2.24, 2.45) is 11.1 Å². The van der Waals surface area contributed by atoms with Crippen LogP contribution in [-0.2, 0) is 18.9 Å². The van der Waals surface area contributed by atoms with E-state index in [1.54, 1.807) is 20.8 Å². The largest absolute Gasteiger partial charge is 0.444 e. The van der Waals surface area contributed by atoms with Gasteiger partial charge in [0.2, 0.25) is 5.79 Å². The number of nitrogens with zero attached hydrogens (tertiary/aromatic N) is 2. The molecule has 8 heteroatoms. The molecule has 22 heavy (non-hydrogen) atoms. The molecule has 8 nitrogen and oxygen atoms in total. The number of ether oxygens (including phenoxy) is 4. The Morgan fingerprint density at radius 2 is 2.05 bits per heavy atom. The van der Waals surface area contributed by atoms with Crippen molar-refractivity contribution < 1.29 is 28.9 Å². The van der Waals surface area contributed by atoms with E-state index in [1.165, 1.54) is 25.3 Å². The molecule has 2 aliphatic heterocycles. The highest BCUT2D eigenvalue weighted by Gasteiger charge is 2.61. The molecule has 0 aliphatic carbocycles. The number of rotatable bonds is 3. The molecule has 1 amide bonds. The van der Waals surface area contributed by atoms with Crippen LogP contribution >= 0.6 is 0 Å². The predicted molar refractivity (Wildman–Crippen MR) is 77.0 cm³/mol. The molecule has 3 atom stereocenters. The summed E-state index contributed by atoms with van der Waals surface area (Å²) in [7, 11) is 3.02. The summed E-state index contributed by atoms with van der Waals surface area (Å²) < 4.78 is 22.2. The van der Waals surface area contributed by atoms with Crippen molar-refractivity contribution in [1.82, 2.24) is 4.90 Å². The number of hydrogen-bond donors (Lipinski definition) is 1. The lowest BCUT2D eigenvalue weighted by Gasteiger charge is -2.36. The topological polar surface area (TPSA) is 89.8 Å². The van der Waals surface area contributed by atoms with Gasteiger partial charge < -0.3 is 24.2 Å². The second kappa shape index (κ2) is 6.02. The van der Waals surface area contributed by atoms with Crippen molar-refractivity contribution in [3.63, 3.8) is 0 Å². The Bertz CT molecular complexity index is 443. The fourth-order valence-corrected chi connectivity index (χ4v) is 3.03. The fourth-order valence-electron chi connectivity index (χ4n) is 3.03. The molecule has 1 N–H and O–H groups in total. The van der Waals surface area contributed by atoms with Crippen molar-refractivity contribution in [3.05, 3.63) is 0 Å². The van der Waals surface area contributed by atoms with Crippen molar-refractivity contribution in [2.45, 2.75) is 44.3 Å². The molecule has 0 radical (unpaired) electrons. The molecule has 0 bridgehead atoms. The smallest absolute Gasteiger partial charge is 0.410 e. The summed E-state index contributed by atoms with van der Waals surface area (Å²) in [6.45, 7) is 5.90. The van der Waals surface area contributed by atoms with E-state index in [-0.39, 0.29) is 18.6 Å². The van der Waals surface area contributed by atoms with E-state index < -0.39 is 23.5 Å². The van der Waals surface area contributed by atoms with Crippen LogP contribution in [0.1, 0.15) is 20.8 Å². The average Bonchev–Trinajstić information content (AvgIpc) is 2.97. The Morgan fingerprint density at radius 1 is 1.41 bits per heavy atom. The van der Waals surface area contributed by atoms with Gasteiger partial charge in [0.25, 0.3) is 0 Å². The number of carbonyl (C=O) groups excluding carboxylic acids is 1.